The molecule has 2 heteroatoms. The van der Waals surface area contributed by atoms with Crippen LogP contribution in [0.15, 0.2) is 35.2 Å². The number of nitrogens with one attached hydrogen (secondary N) is 1. The van der Waals surface area contributed by atoms with E-state index < -0.39 is 0 Å². The van der Waals surface area contributed by atoms with Crippen LogP contribution in [0.2, 0.25) is 0 Å². The molecule has 1 nitrogen and oxygen atoms in total. The first-order valence-corrected chi connectivity index (χ1v) is 9.06. The monoisotopic (exact) mass is 291 g/mol. The Labute approximate surface area is 128 Å². The molecule has 1 aromatic carbocycles. The predicted molar refractivity (Wildman–Crippen MR) is 90.3 cm³/mol. The van der Waals surface area contributed by atoms with E-state index in [4.69, 9.17) is 0 Å². The van der Waals surface area contributed by atoms with Gasteiger partial charge in [0.1, 0.15) is 0 Å². The van der Waals surface area contributed by atoms with Gasteiger partial charge in [-0.1, -0.05) is 45.4 Å². The first-order valence-electron chi connectivity index (χ1n) is 8.08. The molecule has 1 N–H and O–H groups in total. The zero-order chi connectivity index (χ0) is 14.4. The standard InChI is InChI=1S/C18H29NS/c1-14(2)17-10-9-15(3)13-18(17)19-11-12-20-16-7-5-4-6-8-16/h4-8,14-15,17-19H,9-13H2,1-3H3. The lowest BCUT2D eigenvalue weighted by atomic mass is 9.74. The molecular weight excluding hydrogens is 262 g/mol. The van der Waals surface area contributed by atoms with Crippen LogP contribution in [0.25, 0.3) is 0 Å². The van der Waals surface area contributed by atoms with E-state index in [2.05, 4.69) is 56.4 Å². The van der Waals surface area contributed by atoms with Crippen LogP contribution in [-0.2, 0) is 0 Å². The van der Waals surface area contributed by atoms with E-state index in [9.17, 15) is 0 Å². The van der Waals surface area contributed by atoms with Crippen LogP contribution in [0.5, 0.6) is 0 Å². The minimum Gasteiger partial charge on any atom is -0.313 e. The summed E-state index contributed by atoms with van der Waals surface area (Å²) in [4.78, 5) is 1.38. The summed E-state index contributed by atoms with van der Waals surface area (Å²) in [6.07, 6.45) is 4.18. The number of rotatable bonds is 6. The van der Waals surface area contributed by atoms with Gasteiger partial charge in [-0.25, -0.2) is 0 Å². The molecule has 20 heavy (non-hydrogen) atoms. The summed E-state index contributed by atoms with van der Waals surface area (Å²) in [6.45, 7) is 8.30. The zero-order valence-corrected chi connectivity index (χ0v) is 14.0. The molecule has 1 aromatic rings. The van der Waals surface area contributed by atoms with Gasteiger partial charge in [0, 0.05) is 23.2 Å². The first-order chi connectivity index (χ1) is 9.66. The molecule has 1 aliphatic carbocycles. The van der Waals surface area contributed by atoms with E-state index in [0.29, 0.717) is 0 Å². The summed E-state index contributed by atoms with van der Waals surface area (Å²) in [5.41, 5.74) is 0. The van der Waals surface area contributed by atoms with E-state index in [-0.39, 0.29) is 0 Å². The molecule has 3 atom stereocenters. The maximum Gasteiger partial charge on any atom is 0.0106 e. The molecule has 1 saturated carbocycles. The van der Waals surface area contributed by atoms with Crippen LogP contribution < -0.4 is 5.32 Å². The highest BCUT2D eigenvalue weighted by Gasteiger charge is 2.29. The van der Waals surface area contributed by atoms with Crippen LogP contribution in [0.4, 0.5) is 0 Å². The summed E-state index contributed by atoms with van der Waals surface area (Å²) >= 11 is 1.96. The van der Waals surface area contributed by atoms with Crippen molar-refractivity contribution >= 4 is 11.8 Å². The third-order valence-corrected chi connectivity index (χ3v) is 5.56. The van der Waals surface area contributed by atoms with E-state index in [0.717, 1.165) is 30.3 Å². The molecule has 0 amide bonds. The van der Waals surface area contributed by atoms with Crippen LogP contribution in [0, 0.1) is 17.8 Å². The van der Waals surface area contributed by atoms with Gasteiger partial charge < -0.3 is 5.32 Å². The summed E-state index contributed by atoms with van der Waals surface area (Å²) in [5.74, 6) is 3.73. The summed E-state index contributed by atoms with van der Waals surface area (Å²) in [7, 11) is 0. The second kappa shape index (κ2) is 8.09. The Kier molecular flexibility index (Phi) is 6.44. The molecule has 0 aromatic heterocycles. The maximum absolute atomic E-state index is 3.83. The fourth-order valence-corrected chi connectivity index (χ4v) is 4.17. The van der Waals surface area contributed by atoms with Crippen LogP contribution >= 0.6 is 11.8 Å². The Balaban J connectivity index is 1.73. The average Bonchev–Trinajstić information content (AvgIpc) is 2.44. The van der Waals surface area contributed by atoms with Gasteiger partial charge in [-0.05, 0) is 42.7 Å². The van der Waals surface area contributed by atoms with Crippen LogP contribution in [0.1, 0.15) is 40.0 Å². The van der Waals surface area contributed by atoms with Crippen LogP contribution in [-0.4, -0.2) is 18.3 Å². The normalized spacial score (nSPS) is 26.9. The topological polar surface area (TPSA) is 12.0 Å². The Morgan fingerprint density at radius 3 is 2.65 bits per heavy atom. The van der Waals surface area contributed by atoms with Gasteiger partial charge in [-0.2, -0.15) is 0 Å². The van der Waals surface area contributed by atoms with Crippen molar-refractivity contribution in [3.05, 3.63) is 30.3 Å². The molecule has 0 bridgehead atoms. The summed E-state index contributed by atoms with van der Waals surface area (Å²) in [5, 5.41) is 3.83. The third-order valence-electron chi connectivity index (χ3n) is 4.54. The van der Waals surface area contributed by atoms with Crippen molar-refractivity contribution in [3.63, 3.8) is 0 Å². The molecular formula is C18H29NS. The smallest absolute Gasteiger partial charge is 0.0106 e. The van der Waals surface area contributed by atoms with Gasteiger partial charge in [-0.15, -0.1) is 11.8 Å². The molecule has 0 aliphatic heterocycles. The van der Waals surface area contributed by atoms with Gasteiger partial charge in [0.2, 0.25) is 0 Å². The molecule has 3 unspecified atom stereocenters. The number of hydrogen-bond donors (Lipinski definition) is 1. The van der Waals surface area contributed by atoms with Gasteiger partial charge in [0.25, 0.3) is 0 Å². The molecule has 2 rings (SSSR count). The Bertz CT molecular complexity index is 376. The number of benzene rings is 1. The lowest BCUT2D eigenvalue weighted by molar-refractivity contribution is 0.172. The molecule has 0 saturated heterocycles. The fraction of sp³-hybridized carbons (Fsp3) is 0.667. The van der Waals surface area contributed by atoms with Crippen molar-refractivity contribution < 1.29 is 0 Å². The maximum atomic E-state index is 3.83. The van der Waals surface area contributed by atoms with Crippen molar-refractivity contribution in [1.82, 2.24) is 5.32 Å². The molecule has 0 heterocycles. The molecule has 1 aliphatic rings. The predicted octanol–water partition coefficient (Wildman–Crippen LogP) is 4.83. The molecule has 0 spiro atoms. The van der Waals surface area contributed by atoms with Gasteiger partial charge in [-0.3, -0.25) is 0 Å². The van der Waals surface area contributed by atoms with Crippen LogP contribution in [0.3, 0.4) is 0 Å². The largest absolute Gasteiger partial charge is 0.313 e. The van der Waals surface area contributed by atoms with Gasteiger partial charge in [0.15, 0.2) is 0 Å². The minimum absolute atomic E-state index is 0.732. The minimum atomic E-state index is 0.732. The van der Waals surface area contributed by atoms with Crippen molar-refractivity contribution in [2.75, 3.05) is 12.3 Å². The second-order valence-corrected chi connectivity index (χ2v) is 7.72. The third kappa shape index (κ3) is 4.82. The van der Waals surface area contributed by atoms with E-state index in [1.807, 2.05) is 11.8 Å². The van der Waals surface area contributed by atoms with Crippen molar-refractivity contribution in [2.24, 2.45) is 17.8 Å². The van der Waals surface area contributed by atoms with Crippen molar-refractivity contribution in [1.29, 1.82) is 0 Å². The highest BCUT2D eigenvalue weighted by molar-refractivity contribution is 7.99. The fourth-order valence-electron chi connectivity index (χ4n) is 3.37. The molecule has 0 radical (unpaired) electrons. The average molecular weight is 292 g/mol. The Hall–Kier alpha value is -0.470. The highest BCUT2D eigenvalue weighted by Crippen LogP contribution is 2.33. The van der Waals surface area contributed by atoms with E-state index in [1.165, 1.54) is 29.9 Å². The number of hydrogen-bond acceptors (Lipinski definition) is 2. The van der Waals surface area contributed by atoms with E-state index in [1.54, 1.807) is 0 Å². The summed E-state index contributed by atoms with van der Waals surface area (Å²) < 4.78 is 0. The van der Waals surface area contributed by atoms with Crippen molar-refractivity contribution in [2.45, 2.75) is 51.0 Å². The quantitative estimate of drug-likeness (QED) is 0.595. The first kappa shape index (κ1) is 15.9. The van der Waals surface area contributed by atoms with Gasteiger partial charge >= 0.3 is 0 Å². The Morgan fingerprint density at radius 1 is 1.20 bits per heavy atom. The molecule has 1 fully saturated rings. The second-order valence-electron chi connectivity index (χ2n) is 6.55. The highest BCUT2D eigenvalue weighted by atomic mass is 32.2. The Morgan fingerprint density at radius 2 is 1.95 bits per heavy atom. The van der Waals surface area contributed by atoms with Gasteiger partial charge in [0.05, 0.1) is 0 Å². The summed E-state index contributed by atoms with van der Waals surface area (Å²) in [6, 6.07) is 11.4. The number of thioether (sulfide) groups is 1. The SMILES string of the molecule is CC1CCC(C(C)C)C(NCCSc2ccccc2)C1. The molecule has 112 valence electrons. The van der Waals surface area contributed by atoms with Crippen molar-refractivity contribution in [3.8, 4) is 0 Å². The lowest BCUT2D eigenvalue weighted by Crippen LogP contribution is -2.43. The van der Waals surface area contributed by atoms with E-state index >= 15 is 0 Å². The zero-order valence-electron chi connectivity index (χ0n) is 13.1. The lowest BCUT2D eigenvalue weighted by Gasteiger charge is -2.38.